The lowest BCUT2D eigenvalue weighted by atomic mass is 10.1. The molecule has 0 saturated carbocycles. The van der Waals surface area contributed by atoms with Gasteiger partial charge in [-0.2, -0.15) is 9.97 Å². The van der Waals surface area contributed by atoms with E-state index in [1.54, 1.807) is 46.0 Å². The normalized spacial score (nSPS) is 24.6. The monoisotopic (exact) mass is 1140 g/mol. The van der Waals surface area contributed by atoms with E-state index in [9.17, 15) is 63.9 Å². The van der Waals surface area contributed by atoms with Gasteiger partial charge in [-0.05, 0) is 57.2 Å². The third-order valence-electron chi connectivity index (χ3n) is 10.6. The van der Waals surface area contributed by atoms with Crippen LogP contribution in [0.3, 0.4) is 0 Å². The van der Waals surface area contributed by atoms with E-state index in [0.717, 1.165) is 0 Å². The van der Waals surface area contributed by atoms with Crippen LogP contribution >= 0.6 is 38.9 Å². The third-order valence-corrected chi connectivity index (χ3v) is 17.5. The molecule has 0 spiro atoms. The number of nitro groups is 2. The summed E-state index contributed by atoms with van der Waals surface area (Å²) in [5.41, 5.74) is -0.0904. The lowest BCUT2D eigenvalue weighted by molar-refractivity contribution is -0.385. The van der Waals surface area contributed by atoms with Crippen LogP contribution in [0.15, 0.2) is 82.6 Å². The van der Waals surface area contributed by atoms with Crippen molar-refractivity contribution in [1.29, 1.82) is 0 Å². The number of nitrogens with zero attached hydrogens (tertiary/aromatic N) is 6. The van der Waals surface area contributed by atoms with Crippen molar-refractivity contribution in [2.75, 3.05) is 32.6 Å². The van der Waals surface area contributed by atoms with Gasteiger partial charge in [0, 0.05) is 76.8 Å². The minimum Gasteiger partial charge on any atom is -0.466 e. The second-order valence-electron chi connectivity index (χ2n) is 16.9. The van der Waals surface area contributed by atoms with Crippen LogP contribution in [0.1, 0.15) is 60.2 Å². The summed E-state index contributed by atoms with van der Waals surface area (Å²) in [6.45, 7) is 9.10. The lowest BCUT2D eigenvalue weighted by Gasteiger charge is -2.33. The number of fused-ring (bicyclic) bond motifs is 1. The Morgan fingerprint density at radius 2 is 1.31 bits per heavy atom. The first-order valence-electron chi connectivity index (χ1n) is 23.3. The van der Waals surface area contributed by atoms with E-state index >= 15 is 0 Å². The Bertz CT molecular complexity index is 2780. The van der Waals surface area contributed by atoms with Crippen LogP contribution in [0.4, 0.5) is 11.4 Å². The molecule has 3 aliphatic rings. The maximum Gasteiger partial charge on any atom is 0.431 e. The molecule has 11 atom stereocenters. The minimum absolute atomic E-state index is 0. The summed E-state index contributed by atoms with van der Waals surface area (Å²) in [6.07, 6.45) is -0.997. The number of aryl methyl sites for hydroxylation is 2. The molecule has 414 valence electrons. The number of hydrogen-bond acceptors (Lipinski definition) is 24. The quantitative estimate of drug-likeness (QED) is 0.0414. The molecule has 2 aromatic heterocycles. The molecule has 7 rings (SSSR count). The van der Waals surface area contributed by atoms with Gasteiger partial charge in [-0.15, -0.1) is 23.5 Å². The van der Waals surface area contributed by atoms with Gasteiger partial charge < -0.3 is 38.9 Å². The first-order valence-corrected chi connectivity index (χ1v) is 27.5. The molecule has 75 heavy (non-hydrogen) atoms. The van der Waals surface area contributed by atoms with Crippen molar-refractivity contribution in [3.05, 3.63) is 126 Å². The topological polar surface area (TPSA) is 373 Å². The van der Waals surface area contributed by atoms with Crippen molar-refractivity contribution in [3.63, 3.8) is 0 Å². The van der Waals surface area contributed by atoms with E-state index < -0.39 is 101 Å². The fourth-order valence-electron chi connectivity index (χ4n) is 7.05. The van der Waals surface area contributed by atoms with Crippen molar-refractivity contribution in [1.82, 2.24) is 24.2 Å². The highest BCUT2D eigenvalue weighted by Gasteiger charge is 2.53. The standard InChI is InChI=1S/C18H19N2O9P.C15H22N3O7PS.C10H14N2O4S.CH4.H2/c1-13(11-27-14(2)21)12-30(26,28-17-7-3-15(4-8-17)19(22)23)29-18-9-5-16(6-10-18)20(24)25;1-8-4-5-18(15(21)16-8)14-12(20)13-11(27-14)7-24-26(22,25-13)17-9(2)6-23-10(3)19;1-5-2-3-12(10(16)11-5)9-8(15)7(14)6(4-13)17-9;;/h3-10,13H,11-12H2,1-2H3;4-5,9,11-14,20H,6-7H2,1-3H3,(H,17,22);2-3,6-9,13-15H,4H2,1H3;1H4;1H/t13-;9-,11+,12-,13+,14+,26?;6-,7-,8+,9-;;/m001../s1/i;;;;1+1D. The van der Waals surface area contributed by atoms with Gasteiger partial charge in [0.1, 0.15) is 47.2 Å². The van der Waals surface area contributed by atoms with E-state index in [1.165, 1.54) is 101 Å². The minimum atomic E-state index is -3.89. The summed E-state index contributed by atoms with van der Waals surface area (Å²) in [5, 5.41) is 61.5. The SMILES string of the molecule is C.CC(=O)OC[C@H](C)CP(=O)(Oc1ccc([N+](=O)[O-])cc1)Oc1ccc([N+](=O)[O-])cc1.CC(=O)OC[C@H](C)NP1(=O)OC[C@H]2S[C@@H](n3ccc(C)nc3=O)[C@@H](O)[C@@H]2O1.Cc1ccn([C@@H]2S[C@H](CO)[C@@H](O)[C@@H]2O)c(=O)n1.[2H][2H]. The molecule has 4 aromatic rings. The van der Waals surface area contributed by atoms with E-state index in [1.807, 2.05) is 0 Å². The van der Waals surface area contributed by atoms with Crippen LogP contribution < -0.4 is 25.5 Å². The summed E-state index contributed by atoms with van der Waals surface area (Å²) >= 11 is 2.49. The van der Waals surface area contributed by atoms with Crippen LogP contribution in [-0.4, -0.2) is 135 Å². The number of carbonyl (C=O) groups excluding carboxylic acids is 2. The van der Waals surface area contributed by atoms with Gasteiger partial charge in [0.15, 0.2) is 0 Å². The number of aliphatic hydroxyl groups is 4. The number of aliphatic hydroxyl groups excluding tert-OH is 4. The highest BCUT2D eigenvalue weighted by Crippen LogP contribution is 2.57. The van der Waals surface area contributed by atoms with E-state index in [0.29, 0.717) is 11.4 Å². The molecule has 3 fully saturated rings. The number of non-ortho nitro benzene ring substituents is 2. The number of benzene rings is 2. The molecule has 0 bridgehead atoms. The zero-order valence-electron chi connectivity index (χ0n) is 42.5. The lowest BCUT2D eigenvalue weighted by Crippen LogP contribution is -2.43. The Morgan fingerprint density at radius 3 is 1.73 bits per heavy atom. The molecule has 0 amide bonds. The maximum absolute atomic E-state index is 13.4. The molecule has 31 heteroatoms. The van der Waals surface area contributed by atoms with Gasteiger partial charge in [-0.1, -0.05) is 14.4 Å². The van der Waals surface area contributed by atoms with Crippen molar-refractivity contribution in [2.24, 2.45) is 5.92 Å². The van der Waals surface area contributed by atoms with Crippen LogP contribution in [-0.2, 0) is 37.2 Å². The van der Waals surface area contributed by atoms with Crippen LogP contribution in [0.2, 0.25) is 0 Å². The Morgan fingerprint density at radius 1 is 0.840 bits per heavy atom. The molecule has 3 aliphatic heterocycles. The van der Waals surface area contributed by atoms with Crippen molar-refractivity contribution >= 4 is 62.2 Å². The van der Waals surface area contributed by atoms with Crippen LogP contribution in [0.5, 0.6) is 11.5 Å². The van der Waals surface area contributed by atoms with Crippen molar-refractivity contribution < 1.29 is 79.5 Å². The van der Waals surface area contributed by atoms with Crippen molar-refractivity contribution in [3.8, 4) is 11.5 Å². The predicted octanol–water partition coefficient (Wildman–Crippen LogP) is 4.71. The van der Waals surface area contributed by atoms with E-state index in [4.69, 9.17) is 35.6 Å². The Kier molecular flexibility index (Phi) is 22.1. The number of rotatable bonds is 17. The van der Waals surface area contributed by atoms with E-state index in [-0.39, 0.29) is 68.1 Å². The summed E-state index contributed by atoms with van der Waals surface area (Å²) in [7, 11) is -7.58. The largest absolute Gasteiger partial charge is 0.466 e. The number of carbonyl (C=O) groups is 2. The number of nitro benzene ring substituents is 2. The number of nitrogens with one attached hydrogen (secondary N) is 1. The zero-order valence-corrected chi connectivity index (χ0v) is 43.9. The van der Waals surface area contributed by atoms with Gasteiger partial charge >= 0.3 is 38.7 Å². The highest BCUT2D eigenvalue weighted by atomic mass is 32.2. The van der Waals surface area contributed by atoms with E-state index in [2.05, 4.69) is 15.1 Å². The second-order valence-corrected chi connectivity index (χ2v) is 23.3. The average molecular weight is 1140 g/mol. The maximum atomic E-state index is 13.4. The molecule has 5 N–H and O–H groups in total. The van der Waals surface area contributed by atoms with Gasteiger partial charge in [0.2, 0.25) is 0 Å². The van der Waals surface area contributed by atoms with Crippen molar-refractivity contribution in [2.45, 2.75) is 101 Å². The Balaban J connectivity index is 0.000000307. The molecular formula is C44H61N7O20P2S2. The second kappa shape index (κ2) is 27.5. The van der Waals surface area contributed by atoms with Gasteiger partial charge in [0.25, 0.3) is 11.4 Å². The molecule has 3 saturated heterocycles. The average Bonchev–Trinajstić information content (AvgIpc) is 3.83. The molecular weight excluding hydrogens is 1070 g/mol. The molecule has 1 unspecified atom stereocenters. The molecule has 0 aliphatic carbocycles. The van der Waals surface area contributed by atoms with Crippen LogP contribution in [0, 0.1) is 40.0 Å². The number of aromatic nitrogens is 4. The Labute approximate surface area is 440 Å². The molecule has 2 aromatic carbocycles. The third kappa shape index (κ3) is 17.5. The Hall–Kier alpha value is -5.58. The smallest absolute Gasteiger partial charge is 0.431 e. The van der Waals surface area contributed by atoms with Gasteiger partial charge in [0.05, 0.1) is 52.4 Å². The molecule has 5 heterocycles. The van der Waals surface area contributed by atoms with Gasteiger partial charge in [-0.25, -0.2) is 23.8 Å². The summed E-state index contributed by atoms with van der Waals surface area (Å²) in [6, 6.07) is 12.7. The number of ether oxygens (including phenoxy) is 2. The highest BCUT2D eigenvalue weighted by molar-refractivity contribution is 8.00. The first kappa shape index (κ1) is 60.3. The first-order chi connectivity index (χ1) is 35.8. The summed E-state index contributed by atoms with van der Waals surface area (Å²) < 4.78 is 70.6. The van der Waals surface area contributed by atoms with Gasteiger partial charge in [-0.3, -0.25) is 48.0 Å². The fourth-order valence-corrected chi connectivity index (χ4v) is 13.8. The fraction of sp³-hybridized carbons (Fsp3) is 0.500. The molecule has 27 nitrogen and oxygen atoms in total. The predicted molar refractivity (Wildman–Crippen MR) is 275 cm³/mol. The summed E-state index contributed by atoms with van der Waals surface area (Å²) in [4.78, 5) is 73.7. The summed E-state index contributed by atoms with van der Waals surface area (Å²) in [5.74, 6) is -1.20. The number of thioether (sulfide) groups is 2. The number of esters is 2. The molecule has 0 radical (unpaired) electrons. The van der Waals surface area contributed by atoms with Crippen LogP contribution in [0.25, 0.3) is 0 Å². The number of hydrogen-bond donors (Lipinski definition) is 5. The zero-order chi connectivity index (χ0) is 56.7.